The Morgan fingerprint density at radius 3 is 1.39 bits per heavy atom. The molecular weight excluding hydrogens is 250 g/mol. The average molecular weight is 265 g/mol. The summed E-state index contributed by atoms with van der Waals surface area (Å²) in [5.74, 6) is 0. The summed E-state index contributed by atoms with van der Waals surface area (Å²) in [6.45, 7) is 0. The van der Waals surface area contributed by atoms with Crippen molar-refractivity contribution < 1.29 is 13.0 Å². The monoisotopic (exact) mass is 265 g/mol. The molecule has 0 saturated heterocycles. The Balaban J connectivity index is 0.000000280. The number of rotatable bonds is 2. The predicted octanol–water partition coefficient (Wildman–Crippen LogP) is 2.93. The van der Waals surface area contributed by atoms with E-state index in [2.05, 4.69) is 5.32 Å². The molecule has 2 aromatic rings. The molecule has 0 atom stereocenters. The highest BCUT2D eigenvalue weighted by molar-refractivity contribution is 7.85. The maximum absolute atomic E-state index is 9.19. The minimum Gasteiger partial charge on any atom is -0.356 e. The van der Waals surface area contributed by atoms with Crippen LogP contribution in [0, 0.1) is 0 Å². The van der Waals surface area contributed by atoms with Gasteiger partial charge in [-0.05, 0) is 24.3 Å². The van der Waals surface area contributed by atoms with Gasteiger partial charge < -0.3 is 5.32 Å². The summed E-state index contributed by atoms with van der Waals surface area (Å²) in [6.07, 6.45) is 0.715. The van der Waals surface area contributed by atoms with E-state index in [1.165, 1.54) is 0 Å². The summed E-state index contributed by atoms with van der Waals surface area (Å²) < 4.78 is 25.9. The van der Waals surface area contributed by atoms with Gasteiger partial charge in [0.1, 0.15) is 0 Å². The van der Waals surface area contributed by atoms with E-state index in [4.69, 9.17) is 4.55 Å². The Hall–Kier alpha value is -1.85. The zero-order valence-corrected chi connectivity index (χ0v) is 10.8. The Morgan fingerprint density at radius 2 is 1.11 bits per heavy atom. The van der Waals surface area contributed by atoms with E-state index in [1.807, 2.05) is 60.7 Å². The zero-order valence-electron chi connectivity index (χ0n) is 9.95. The topological polar surface area (TPSA) is 66.4 Å². The zero-order chi connectivity index (χ0) is 13.4. The van der Waals surface area contributed by atoms with Gasteiger partial charge in [-0.15, -0.1) is 0 Å². The molecule has 0 aromatic heterocycles. The third-order valence-electron chi connectivity index (χ3n) is 1.84. The summed E-state index contributed by atoms with van der Waals surface area (Å²) in [5, 5.41) is 3.30. The van der Waals surface area contributed by atoms with Crippen LogP contribution in [-0.4, -0.2) is 19.2 Å². The van der Waals surface area contributed by atoms with Gasteiger partial charge in [-0.25, -0.2) is 0 Å². The van der Waals surface area contributed by atoms with Crippen molar-refractivity contribution in [1.29, 1.82) is 0 Å². The number of benzene rings is 2. The first kappa shape index (κ1) is 14.2. The van der Waals surface area contributed by atoms with E-state index in [-0.39, 0.29) is 0 Å². The van der Waals surface area contributed by atoms with Crippen LogP contribution in [0.15, 0.2) is 60.7 Å². The van der Waals surface area contributed by atoms with Crippen molar-refractivity contribution in [3.05, 3.63) is 60.7 Å². The van der Waals surface area contributed by atoms with Crippen molar-refractivity contribution in [3.63, 3.8) is 0 Å². The molecule has 0 saturated carbocycles. The molecule has 0 aliphatic rings. The Bertz CT molecular complexity index is 508. The largest absolute Gasteiger partial charge is 0.356 e. The van der Waals surface area contributed by atoms with E-state index in [9.17, 15) is 8.42 Å². The van der Waals surface area contributed by atoms with Crippen molar-refractivity contribution in [1.82, 2.24) is 0 Å². The molecule has 0 radical (unpaired) electrons. The third-order valence-corrected chi connectivity index (χ3v) is 1.84. The number of nitrogens with one attached hydrogen (secondary N) is 1. The summed E-state index contributed by atoms with van der Waals surface area (Å²) >= 11 is 0. The van der Waals surface area contributed by atoms with Crippen LogP contribution < -0.4 is 5.32 Å². The number of hydrogen-bond donors (Lipinski definition) is 2. The van der Waals surface area contributed by atoms with Crippen LogP contribution in [0.3, 0.4) is 0 Å². The molecule has 0 bridgehead atoms. The third kappa shape index (κ3) is 7.43. The van der Waals surface area contributed by atoms with Gasteiger partial charge >= 0.3 is 0 Å². The molecular formula is C13H15NO3S. The SMILES string of the molecule is CS(=O)(=O)O.c1ccc(Nc2ccccc2)cc1. The van der Waals surface area contributed by atoms with E-state index in [0.717, 1.165) is 11.4 Å². The Morgan fingerprint density at radius 1 is 0.833 bits per heavy atom. The Labute approximate surface area is 107 Å². The molecule has 18 heavy (non-hydrogen) atoms. The highest BCUT2D eigenvalue weighted by atomic mass is 32.2. The number of hydrogen-bond acceptors (Lipinski definition) is 3. The van der Waals surface area contributed by atoms with Gasteiger partial charge in [0.15, 0.2) is 0 Å². The van der Waals surface area contributed by atoms with Crippen LogP contribution in [0.1, 0.15) is 0 Å². The minimum absolute atomic E-state index is 0.715. The van der Waals surface area contributed by atoms with Gasteiger partial charge in [0, 0.05) is 11.4 Å². The summed E-state index contributed by atoms with van der Waals surface area (Å²) in [7, 11) is -3.67. The fourth-order valence-corrected chi connectivity index (χ4v) is 1.21. The lowest BCUT2D eigenvalue weighted by atomic mass is 10.3. The van der Waals surface area contributed by atoms with Crippen LogP contribution >= 0.6 is 0 Å². The molecule has 0 unspecified atom stereocenters. The highest BCUT2D eigenvalue weighted by Gasteiger charge is 1.89. The quantitative estimate of drug-likeness (QED) is 0.819. The van der Waals surface area contributed by atoms with Crippen LogP contribution in [0.25, 0.3) is 0 Å². The van der Waals surface area contributed by atoms with E-state index in [0.29, 0.717) is 6.26 Å². The van der Waals surface area contributed by atoms with Crippen molar-refractivity contribution in [2.75, 3.05) is 11.6 Å². The van der Waals surface area contributed by atoms with E-state index in [1.54, 1.807) is 0 Å². The standard InChI is InChI=1S/C12H11N.CH4O3S/c1-3-7-11(8-4-1)13-12-9-5-2-6-10-12;1-5(2,3)4/h1-10,13H;1H3,(H,2,3,4). The van der Waals surface area contributed by atoms with Crippen molar-refractivity contribution >= 4 is 21.5 Å². The second kappa shape index (κ2) is 6.78. The fraction of sp³-hybridized carbons (Fsp3) is 0.0769. The molecule has 4 nitrogen and oxygen atoms in total. The van der Waals surface area contributed by atoms with Gasteiger partial charge in [-0.2, -0.15) is 8.42 Å². The molecule has 0 heterocycles. The van der Waals surface area contributed by atoms with Crippen molar-refractivity contribution in [3.8, 4) is 0 Å². The van der Waals surface area contributed by atoms with Crippen LogP contribution in [0.4, 0.5) is 11.4 Å². The smallest absolute Gasteiger partial charge is 0.261 e. The van der Waals surface area contributed by atoms with Crippen LogP contribution in [0.2, 0.25) is 0 Å². The van der Waals surface area contributed by atoms with Crippen LogP contribution in [0.5, 0.6) is 0 Å². The second-order valence-corrected chi connectivity index (χ2v) is 5.06. The average Bonchev–Trinajstić information content (AvgIpc) is 2.29. The highest BCUT2D eigenvalue weighted by Crippen LogP contribution is 2.14. The lowest BCUT2D eigenvalue weighted by Gasteiger charge is -2.04. The first-order valence-corrected chi connectivity index (χ1v) is 7.09. The molecule has 0 fully saturated rings. The molecule has 0 spiro atoms. The molecule has 0 aliphatic carbocycles. The van der Waals surface area contributed by atoms with Crippen LogP contribution in [-0.2, 0) is 10.1 Å². The molecule has 2 N–H and O–H groups in total. The second-order valence-electron chi connectivity index (χ2n) is 3.59. The maximum Gasteiger partial charge on any atom is 0.261 e. The van der Waals surface area contributed by atoms with Gasteiger partial charge in [-0.3, -0.25) is 4.55 Å². The normalized spacial score (nSPS) is 10.1. The maximum atomic E-state index is 9.19. The van der Waals surface area contributed by atoms with Gasteiger partial charge in [-0.1, -0.05) is 36.4 Å². The summed E-state index contributed by atoms with van der Waals surface area (Å²) in [4.78, 5) is 0. The molecule has 2 rings (SSSR count). The Kier molecular flexibility index (Phi) is 5.35. The molecule has 2 aromatic carbocycles. The lowest BCUT2D eigenvalue weighted by Crippen LogP contribution is -1.88. The molecule has 0 aliphatic heterocycles. The fourth-order valence-electron chi connectivity index (χ4n) is 1.21. The van der Waals surface area contributed by atoms with Gasteiger partial charge in [0.05, 0.1) is 6.26 Å². The van der Waals surface area contributed by atoms with Gasteiger partial charge in [0.25, 0.3) is 10.1 Å². The van der Waals surface area contributed by atoms with E-state index < -0.39 is 10.1 Å². The number of para-hydroxylation sites is 2. The molecule has 5 heteroatoms. The van der Waals surface area contributed by atoms with Crippen molar-refractivity contribution in [2.24, 2.45) is 0 Å². The summed E-state index contributed by atoms with van der Waals surface area (Å²) in [6, 6.07) is 20.3. The minimum atomic E-state index is -3.67. The molecule has 0 amide bonds. The first-order valence-electron chi connectivity index (χ1n) is 5.25. The van der Waals surface area contributed by atoms with Crippen molar-refractivity contribution in [2.45, 2.75) is 0 Å². The number of anilines is 2. The predicted molar refractivity (Wildman–Crippen MR) is 73.6 cm³/mol. The molecule has 96 valence electrons. The first-order chi connectivity index (χ1) is 8.45. The lowest BCUT2D eigenvalue weighted by molar-refractivity contribution is 0.490. The van der Waals surface area contributed by atoms with E-state index >= 15 is 0 Å². The van der Waals surface area contributed by atoms with Gasteiger partial charge in [0.2, 0.25) is 0 Å². The summed E-state index contributed by atoms with van der Waals surface area (Å²) in [5.41, 5.74) is 2.24.